The molecule has 3 atom stereocenters. The number of nitrogens with one attached hydrogen (secondary N) is 2. The van der Waals surface area contributed by atoms with Crippen LogP contribution in [0.3, 0.4) is 0 Å². The summed E-state index contributed by atoms with van der Waals surface area (Å²) in [5.74, 6) is 1.32. The average molecular weight is 346 g/mol. The quantitative estimate of drug-likeness (QED) is 0.571. The first kappa shape index (κ1) is 16.8. The Morgan fingerprint density at radius 3 is 2.92 bits per heavy atom. The lowest BCUT2D eigenvalue weighted by molar-refractivity contribution is 0.418. The fourth-order valence-electron chi connectivity index (χ4n) is 2.92. The summed E-state index contributed by atoms with van der Waals surface area (Å²) in [6.45, 7) is 3.03. The molecular weight excluding hydrogens is 323 g/mol. The lowest BCUT2D eigenvalue weighted by Gasteiger charge is -2.38. The van der Waals surface area contributed by atoms with Crippen LogP contribution in [-0.4, -0.2) is 43.8 Å². The van der Waals surface area contributed by atoms with Gasteiger partial charge in [0.2, 0.25) is 0 Å². The number of hydrogen-bond acceptors (Lipinski definition) is 7. The first-order valence-corrected chi connectivity index (χ1v) is 8.52. The molecule has 8 nitrogen and oxygen atoms in total. The molecule has 0 spiro atoms. The minimum Gasteiger partial charge on any atom is -0.351 e. The van der Waals surface area contributed by atoms with Gasteiger partial charge in [-0.3, -0.25) is 10.1 Å². The van der Waals surface area contributed by atoms with Gasteiger partial charge in [0.15, 0.2) is 5.82 Å². The predicted octanol–water partition coefficient (Wildman–Crippen LogP) is 1.47. The van der Waals surface area contributed by atoms with Crippen molar-refractivity contribution in [2.75, 3.05) is 16.8 Å². The second-order valence-corrected chi connectivity index (χ2v) is 6.68. The summed E-state index contributed by atoms with van der Waals surface area (Å²) in [5, 5.41) is 15.3. The van der Waals surface area contributed by atoms with Crippen LogP contribution in [0.1, 0.15) is 25.5 Å². The predicted molar refractivity (Wildman–Crippen MR) is 99.1 cm³/mol. The van der Waals surface area contributed by atoms with Crippen LogP contribution in [0.4, 0.5) is 17.3 Å². The van der Waals surface area contributed by atoms with E-state index in [4.69, 9.17) is 16.1 Å². The van der Waals surface area contributed by atoms with Crippen LogP contribution in [0.5, 0.6) is 0 Å². The van der Waals surface area contributed by atoms with Crippen LogP contribution in [0, 0.1) is 5.41 Å². The first-order valence-electron chi connectivity index (χ1n) is 7.95. The fourth-order valence-corrected chi connectivity index (χ4v) is 3.13. The number of aryl methyl sites for hydroxylation is 1. The van der Waals surface area contributed by atoms with Crippen LogP contribution in [0.15, 0.2) is 18.6 Å². The Balaban J connectivity index is 1.94. The molecule has 4 N–H and O–H groups in total. The van der Waals surface area contributed by atoms with Gasteiger partial charge in [-0.2, -0.15) is 5.10 Å². The number of rotatable bonds is 4. The largest absolute Gasteiger partial charge is 0.351 e. The summed E-state index contributed by atoms with van der Waals surface area (Å²) < 4.78 is 1.71. The lowest BCUT2D eigenvalue weighted by atomic mass is 9.98. The smallest absolute Gasteiger partial charge is 0.161 e. The highest BCUT2D eigenvalue weighted by atomic mass is 31.0. The molecule has 1 fully saturated rings. The van der Waals surface area contributed by atoms with Crippen molar-refractivity contribution in [3.05, 3.63) is 24.3 Å². The topological polar surface area (TPSA) is 109 Å². The van der Waals surface area contributed by atoms with E-state index in [0.717, 1.165) is 30.9 Å². The van der Waals surface area contributed by atoms with E-state index in [9.17, 15) is 0 Å². The van der Waals surface area contributed by atoms with Gasteiger partial charge in [-0.1, -0.05) is 9.24 Å². The highest BCUT2D eigenvalue weighted by molar-refractivity contribution is 7.41. The standard InChI is InChI=1S/C15H23N8P/c1-9-11(16)4-3-5-23(9)12-7-18-13(14(17)24)15(21-12)20-10-6-19-22(2)8-10/h6-9,11,17H,3-5,16,24H2,1-2H3,(H,20,21)/t9-,11-/m1/s1. The zero-order valence-corrected chi connectivity index (χ0v) is 15.1. The van der Waals surface area contributed by atoms with E-state index in [1.165, 1.54) is 0 Å². The summed E-state index contributed by atoms with van der Waals surface area (Å²) in [6, 6.07) is 0.343. The minimum absolute atomic E-state index is 0.134. The summed E-state index contributed by atoms with van der Waals surface area (Å²) in [6.07, 6.45) is 7.35. The molecule has 0 saturated carbocycles. The van der Waals surface area contributed by atoms with Crippen molar-refractivity contribution in [3.8, 4) is 0 Å². The molecule has 3 rings (SSSR count). The molecule has 9 heteroatoms. The van der Waals surface area contributed by atoms with Crippen molar-refractivity contribution in [2.45, 2.75) is 31.8 Å². The molecule has 2 aromatic rings. The SMILES string of the molecule is C[C@@H]1[C@H](N)CCCN1c1cnc(C(=N)P)c(Nc2cnn(C)c2)n1. The molecule has 2 aromatic heterocycles. The lowest BCUT2D eigenvalue weighted by Crippen LogP contribution is -2.50. The van der Waals surface area contributed by atoms with Crippen LogP contribution in [-0.2, 0) is 7.05 Å². The van der Waals surface area contributed by atoms with Gasteiger partial charge in [0.25, 0.3) is 0 Å². The van der Waals surface area contributed by atoms with Crippen molar-refractivity contribution in [2.24, 2.45) is 12.8 Å². The van der Waals surface area contributed by atoms with Gasteiger partial charge in [0.05, 0.1) is 23.5 Å². The molecule has 0 amide bonds. The number of piperidine rings is 1. The van der Waals surface area contributed by atoms with Gasteiger partial charge < -0.3 is 16.0 Å². The van der Waals surface area contributed by atoms with Crippen molar-refractivity contribution < 1.29 is 0 Å². The molecule has 128 valence electrons. The van der Waals surface area contributed by atoms with E-state index >= 15 is 0 Å². The van der Waals surface area contributed by atoms with E-state index in [2.05, 4.69) is 36.5 Å². The Kier molecular flexibility index (Phi) is 4.78. The Morgan fingerprint density at radius 2 is 2.25 bits per heavy atom. The van der Waals surface area contributed by atoms with E-state index in [1.807, 2.05) is 13.2 Å². The monoisotopic (exact) mass is 346 g/mol. The second-order valence-electron chi connectivity index (χ2n) is 6.11. The molecular formula is C15H23N8P. The number of hydrogen-bond donors (Lipinski definition) is 3. The normalized spacial score (nSPS) is 20.9. The highest BCUT2D eigenvalue weighted by Crippen LogP contribution is 2.26. The molecule has 1 saturated heterocycles. The maximum atomic E-state index is 7.90. The molecule has 1 unspecified atom stereocenters. The van der Waals surface area contributed by atoms with Crippen molar-refractivity contribution in [1.82, 2.24) is 19.7 Å². The third kappa shape index (κ3) is 3.39. The molecule has 1 aliphatic heterocycles. The zero-order valence-electron chi connectivity index (χ0n) is 13.9. The number of anilines is 3. The van der Waals surface area contributed by atoms with Gasteiger partial charge in [0.1, 0.15) is 11.5 Å². The summed E-state index contributed by atoms with van der Waals surface area (Å²) in [5.41, 5.74) is 7.78. The van der Waals surface area contributed by atoms with E-state index < -0.39 is 0 Å². The average Bonchev–Trinajstić information content (AvgIpc) is 2.95. The van der Waals surface area contributed by atoms with Gasteiger partial charge in [-0.05, 0) is 19.8 Å². The molecule has 0 bridgehead atoms. The molecule has 3 heterocycles. The van der Waals surface area contributed by atoms with Crippen LogP contribution in [0.25, 0.3) is 0 Å². The van der Waals surface area contributed by atoms with Crippen molar-refractivity contribution in [3.63, 3.8) is 0 Å². The van der Waals surface area contributed by atoms with E-state index in [0.29, 0.717) is 11.5 Å². The Bertz CT molecular complexity index is 743. The number of nitrogens with two attached hydrogens (primary N) is 1. The van der Waals surface area contributed by atoms with Crippen molar-refractivity contribution in [1.29, 1.82) is 5.41 Å². The summed E-state index contributed by atoms with van der Waals surface area (Å²) in [4.78, 5) is 11.3. The van der Waals surface area contributed by atoms with E-state index in [-0.39, 0.29) is 17.5 Å². The van der Waals surface area contributed by atoms with Crippen LogP contribution >= 0.6 is 9.24 Å². The third-order valence-electron chi connectivity index (χ3n) is 4.32. The van der Waals surface area contributed by atoms with Crippen molar-refractivity contribution >= 4 is 32.0 Å². The maximum Gasteiger partial charge on any atom is 0.161 e. The molecule has 1 aliphatic rings. The Labute approximate surface area is 143 Å². The summed E-state index contributed by atoms with van der Waals surface area (Å²) >= 11 is 0. The second kappa shape index (κ2) is 6.83. The first-order chi connectivity index (χ1) is 11.5. The van der Waals surface area contributed by atoms with Gasteiger partial charge >= 0.3 is 0 Å². The molecule has 0 aliphatic carbocycles. The Hall–Kier alpha value is -2.05. The van der Waals surface area contributed by atoms with Gasteiger partial charge in [0, 0.05) is 31.9 Å². The third-order valence-corrected chi connectivity index (χ3v) is 4.60. The fraction of sp³-hybridized carbons (Fsp3) is 0.467. The molecule has 0 radical (unpaired) electrons. The maximum absolute atomic E-state index is 7.90. The molecule has 0 aromatic carbocycles. The summed E-state index contributed by atoms with van der Waals surface area (Å²) in [7, 11) is 4.21. The van der Waals surface area contributed by atoms with Gasteiger partial charge in [-0.15, -0.1) is 0 Å². The van der Waals surface area contributed by atoms with Crippen LogP contribution in [0.2, 0.25) is 0 Å². The minimum atomic E-state index is 0.134. The highest BCUT2D eigenvalue weighted by Gasteiger charge is 2.27. The number of nitrogens with zero attached hydrogens (tertiary/aromatic N) is 5. The number of aromatic nitrogens is 4. The molecule has 24 heavy (non-hydrogen) atoms. The Morgan fingerprint density at radius 1 is 1.46 bits per heavy atom. The van der Waals surface area contributed by atoms with Gasteiger partial charge in [-0.25, -0.2) is 9.97 Å². The van der Waals surface area contributed by atoms with Crippen LogP contribution < -0.4 is 16.0 Å². The zero-order chi connectivity index (χ0) is 17.3. The van der Waals surface area contributed by atoms with E-state index in [1.54, 1.807) is 17.1 Å².